The Morgan fingerprint density at radius 3 is 2.70 bits per heavy atom. The highest BCUT2D eigenvalue weighted by Crippen LogP contribution is 2.63. The number of carbonyl (C=O) groups is 2. The molecule has 2 N–H and O–H groups in total. The van der Waals surface area contributed by atoms with E-state index in [1.807, 2.05) is 30.3 Å². The van der Waals surface area contributed by atoms with Crippen LogP contribution in [-0.2, 0) is 16.1 Å². The highest BCUT2D eigenvalue weighted by Gasteiger charge is 2.67. The number of benzene rings is 1. The molecule has 5 heteroatoms. The fourth-order valence-electron chi connectivity index (χ4n) is 3.20. The Hall–Kier alpha value is -2.04. The van der Waals surface area contributed by atoms with E-state index in [2.05, 4.69) is 5.32 Å². The van der Waals surface area contributed by atoms with Crippen LogP contribution in [-0.4, -0.2) is 23.2 Å². The van der Waals surface area contributed by atoms with Gasteiger partial charge in [0.05, 0.1) is 5.41 Å². The van der Waals surface area contributed by atoms with Crippen LogP contribution >= 0.6 is 0 Å². The molecule has 5 nitrogen and oxygen atoms in total. The molecule has 0 aromatic heterocycles. The van der Waals surface area contributed by atoms with Gasteiger partial charge in [0.25, 0.3) is 0 Å². The second-order valence-electron chi connectivity index (χ2n) is 5.62. The lowest BCUT2D eigenvalue weighted by molar-refractivity contribution is -0.143. The smallest absolute Gasteiger partial charge is 0.407 e. The summed E-state index contributed by atoms with van der Waals surface area (Å²) in [6.07, 6.45) is 1.58. The van der Waals surface area contributed by atoms with Crippen molar-refractivity contribution >= 4 is 12.1 Å². The van der Waals surface area contributed by atoms with Crippen molar-refractivity contribution in [1.29, 1.82) is 0 Å². The Morgan fingerprint density at radius 1 is 1.35 bits per heavy atom. The van der Waals surface area contributed by atoms with E-state index >= 15 is 0 Å². The van der Waals surface area contributed by atoms with Crippen molar-refractivity contribution in [2.75, 3.05) is 0 Å². The first-order valence-electron chi connectivity index (χ1n) is 6.82. The van der Waals surface area contributed by atoms with Gasteiger partial charge in [0.15, 0.2) is 0 Å². The van der Waals surface area contributed by atoms with Gasteiger partial charge in [0.1, 0.15) is 6.61 Å². The molecule has 2 fully saturated rings. The third-order valence-electron chi connectivity index (χ3n) is 4.46. The molecule has 20 heavy (non-hydrogen) atoms. The normalized spacial score (nSPS) is 30.4. The van der Waals surface area contributed by atoms with E-state index in [4.69, 9.17) is 4.74 Å². The molecule has 3 atom stereocenters. The Bertz CT molecular complexity index is 530. The van der Waals surface area contributed by atoms with E-state index in [1.54, 1.807) is 0 Å². The molecule has 0 bridgehead atoms. The average Bonchev–Trinajstić information content (AvgIpc) is 3.10. The first kappa shape index (κ1) is 13.0. The number of hydrogen-bond donors (Lipinski definition) is 2. The number of fused-ring (bicyclic) bond motifs is 1. The van der Waals surface area contributed by atoms with Crippen molar-refractivity contribution in [3.05, 3.63) is 35.9 Å². The van der Waals surface area contributed by atoms with Crippen LogP contribution in [0.1, 0.15) is 24.8 Å². The molecule has 0 radical (unpaired) electrons. The van der Waals surface area contributed by atoms with Crippen LogP contribution in [0.15, 0.2) is 30.3 Å². The van der Waals surface area contributed by atoms with Crippen molar-refractivity contribution in [2.24, 2.45) is 11.3 Å². The van der Waals surface area contributed by atoms with E-state index in [-0.39, 0.29) is 18.6 Å². The number of carboxylic acids is 1. The summed E-state index contributed by atoms with van der Waals surface area (Å²) >= 11 is 0. The van der Waals surface area contributed by atoms with Crippen molar-refractivity contribution in [3.8, 4) is 0 Å². The number of amides is 1. The lowest BCUT2D eigenvalue weighted by Gasteiger charge is -2.14. The third kappa shape index (κ3) is 2.24. The molecule has 3 rings (SSSR count). The SMILES string of the molecule is O=C(NC1CCC2(C(=O)O)CC12)OCc1ccccc1. The van der Waals surface area contributed by atoms with Gasteiger partial charge in [-0.3, -0.25) is 4.79 Å². The number of hydrogen-bond acceptors (Lipinski definition) is 3. The zero-order chi connectivity index (χ0) is 14.2. The molecule has 1 aromatic rings. The Balaban J connectivity index is 1.48. The molecule has 1 amide bonds. The third-order valence-corrected chi connectivity index (χ3v) is 4.46. The lowest BCUT2D eigenvalue weighted by Crippen LogP contribution is -2.35. The van der Waals surface area contributed by atoms with Crippen LogP contribution in [0.2, 0.25) is 0 Å². The van der Waals surface area contributed by atoms with E-state index < -0.39 is 17.5 Å². The van der Waals surface area contributed by atoms with Gasteiger partial charge in [-0.05, 0) is 30.7 Å². The molecule has 2 saturated carbocycles. The van der Waals surface area contributed by atoms with E-state index in [0.717, 1.165) is 12.0 Å². The van der Waals surface area contributed by atoms with E-state index in [0.29, 0.717) is 12.8 Å². The first-order valence-corrected chi connectivity index (χ1v) is 6.82. The quantitative estimate of drug-likeness (QED) is 0.883. The minimum Gasteiger partial charge on any atom is -0.481 e. The molecule has 106 valence electrons. The predicted molar refractivity (Wildman–Crippen MR) is 71.0 cm³/mol. The fraction of sp³-hybridized carbons (Fsp3) is 0.467. The van der Waals surface area contributed by atoms with Crippen LogP contribution in [0.5, 0.6) is 0 Å². The second kappa shape index (κ2) is 4.81. The summed E-state index contributed by atoms with van der Waals surface area (Å²) in [7, 11) is 0. The van der Waals surface area contributed by atoms with Gasteiger partial charge in [0, 0.05) is 6.04 Å². The molecule has 1 aromatic carbocycles. The van der Waals surface area contributed by atoms with Crippen molar-refractivity contribution in [1.82, 2.24) is 5.32 Å². The average molecular weight is 275 g/mol. The first-order chi connectivity index (χ1) is 9.62. The number of nitrogens with one attached hydrogen (secondary N) is 1. The zero-order valence-corrected chi connectivity index (χ0v) is 11.0. The van der Waals surface area contributed by atoms with Crippen molar-refractivity contribution in [2.45, 2.75) is 31.9 Å². The van der Waals surface area contributed by atoms with Crippen molar-refractivity contribution in [3.63, 3.8) is 0 Å². The van der Waals surface area contributed by atoms with Gasteiger partial charge in [-0.15, -0.1) is 0 Å². The van der Waals surface area contributed by atoms with Crippen LogP contribution in [0.25, 0.3) is 0 Å². The second-order valence-corrected chi connectivity index (χ2v) is 5.62. The minimum atomic E-state index is -0.732. The standard InChI is InChI=1S/C15H17NO4/c17-13(18)15-7-6-12(11(15)8-15)16-14(19)20-9-10-4-2-1-3-5-10/h1-5,11-12H,6-9H2,(H,16,19)(H,17,18). The maximum absolute atomic E-state index is 11.7. The predicted octanol–water partition coefficient (Wildman–Crippen LogP) is 2.17. The number of alkyl carbamates (subject to hydrolysis) is 1. The van der Waals surface area contributed by atoms with E-state index in [9.17, 15) is 14.7 Å². The summed E-state index contributed by atoms with van der Waals surface area (Å²) in [5, 5.41) is 12.0. The van der Waals surface area contributed by atoms with Gasteiger partial charge in [-0.25, -0.2) is 4.79 Å². The summed E-state index contributed by atoms with van der Waals surface area (Å²) < 4.78 is 5.15. The largest absolute Gasteiger partial charge is 0.481 e. The molecule has 0 aliphatic heterocycles. The molecule has 0 spiro atoms. The highest BCUT2D eigenvalue weighted by atomic mass is 16.5. The molecule has 2 aliphatic carbocycles. The number of ether oxygens (including phenoxy) is 1. The molecule has 0 heterocycles. The Morgan fingerprint density at radius 2 is 2.10 bits per heavy atom. The molecule has 3 unspecified atom stereocenters. The van der Waals surface area contributed by atoms with Crippen LogP contribution in [0.3, 0.4) is 0 Å². The van der Waals surface area contributed by atoms with Gasteiger partial charge in [-0.1, -0.05) is 30.3 Å². The molecular formula is C15H17NO4. The van der Waals surface area contributed by atoms with Gasteiger partial charge in [0.2, 0.25) is 0 Å². The maximum Gasteiger partial charge on any atom is 0.407 e. The highest BCUT2D eigenvalue weighted by molar-refractivity contribution is 5.80. The molecule has 0 saturated heterocycles. The monoisotopic (exact) mass is 275 g/mol. The van der Waals surface area contributed by atoms with Gasteiger partial charge < -0.3 is 15.2 Å². The summed E-state index contributed by atoms with van der Waals surface area (Å²) in [5.41, 5.74) is 0.359. The molecular weight excluding hydrogens is 258 g/mol. The Kier molecular flexibility index (Phi) is 3.12. The van der Waals surface area contributed by atoms with Crippen LogP contribution < -0.4 is 5.32 Å². The van der Waals surface area contributed by atoms with Gasteiger partial charge in [-0.2, -0.15) is 0 Å². The Labute approximate surface area is 116 Å². The lowest BCUT2D eigenvalue weighted by atomic mass is 10.1. The fourth-order valence-corrected chi connectivity index (χ4v) is 3.20. The molecule has 2 aliphatic rings. The summed E-state index contributed by atoms with van der Waals surface area (Å²) in [5.74, 6) is -0.659. The maximum atomic E-state index is 11.7. The summed E-state index contributed by atoms with van der Waals surface area (Å²) in [6.45, 7) is 0.230. The van der Waals surface area contributed by atoms with Gasteiger partial charge >= 0.3 is 12.1 Å². The number of carboxylic acid groups (broad SMARTS) is 1. The summed E-state index contributed by atoms with van der Waals surface area (Å²) in [6, 6.07) is 9.39. The van der Waals surface area contributed by atoms with Crippen molar-refractivity contribution < 1.29 is 19.4 Å². The van der Waals surface area contributed by atoms with Crippen LogP contribution in [0, 0.1) is 11.3 Å². The number of carbonyl (C=O) groups excluding carboxylic acids is 1. The number of aliphatic carboxylic acids is 1. The zero-order valence-electron chi connectivity index (χ0n) is 11.0. The minimum absolute atomic E-state index is 0.0608. The topological polar surface area (TPSA) is 75.6 Å². The van der Waals surface area contributed by atoms with E-state index in [1.165, 1.54) is 0 Å². The van der Waals surface area contributed by atoms with Crippen LogP contribution in [0.4, 0.5) is 4.79 Å². The summed E-state index contributed by atoms with van der Waals surface area (Å²) in [4.78, 5) is 22.9. The number of rotatable bonds is 4.